The molecule has 0 saturated carbocycles. The fourth-order valence-corrected chi connectivity index (χ4v) is 4.84. The molecule has 0 radical (unpaired) electrons. The molecule has 0 bridgehead atoms. The Labute approximate surface area is 176 Å². The van der Waals surface area contributed by atoms with Gasteiger partial charge in [-0.2, -0.15) is 0 Å². The van der Waals surface area contributed by atoms with Crippen LogP contribution in [0.3, 0.4) is 0 Å². The van der Waals surface area contributed by atoms with Crippen molar-refractivity contribution in [2.75, 3.05) is 50.0 Å². The number of hydrogen-bond donors (Lipinski definition) is 2. The number of ether oxygens (including phenoxy) is 2. The fraction of sp³-hybridized carbons (Fsp3) is 0.273. The van der Waals surface area contributed by atoms with Gasteiger partial charge in [0.1, 0.15) is 0 Å². The molecular formula is C22H25N3O4S. The monoisotopic (exact) mass is 427 g/mol. The molecule has 3 aromatic rings. The van der Waals surface area contributed by atoms with Gasteiger partial charge in [0.05, 0.1) is 24.8 Å². The highest BCUT2D eigenvalue weighted by Crippen LogP contribution is 2.35. The van der Waals surface area contributed by atoms with Crippen LogP contribution in [-0.4, -0.2) is 48.8 Å². The van der Waals surface area contributed by atoms with E-state index in [9.17, 15) is 8.42 Å². The summed E-state index contributed by atoms with van der Waals surface area (Å²) in [5, 5.41) is 5.24. The van der Waals surface area contributed by atoms with Crippen molar-refractivity contribution in [1.82, 2.24) is 5.32 Å². The lowest BCUT2D eigenvalue weighted by atomic mass is 10.1. The lowest BCUT2D eigenvalue weighted by Crippen LogP contribution is -2.43. The number of hydrogen-bond acceptors (Lipinski definition) is 6. The topological polar surface area (TPSA) is 79.9 Å². The summed E-state index contributed by atoms with van der Waals surface area (Å²) in [5.41, 5.74) is 1.65. The first kappa shape index (κ1) is 20.3. The molecule has 7 nitrogen and oxygen atoms in total. The van der Waals surface area contributed by atoms with Gasteiger partial charge in [0.15, 0.2) is 11.5 Å². The maximum absolute atomic E-state index is 13.1. The molecule has 0 aliphatic carbocycles. The molecule has 0 amide bonds. The molecule has 30 heavy (non-hydrogen) atoms. The largest absolute Gasteiger partial charge is 0.493 e. The first-order chi connectivity index (χ1) is 14.5. The van der Waals surface area contributed by atoms with Crippen molar-refractivity contribution in [3.05, 3.63) is 54.6 Å². The Bertz CT molecular complexity index is 1160. The Balaban J connectivity index is 1.72. The molecule has 8 heteroatoms. The highest BCUT2D eigenvalue weighted by molar-refractivity contribution is 7.92. The van der Waals surface area contributed by atoms with Crippen molar-refractivity contribution in [2.45, 2.75) is 4.90 Å². The first-order valence-corrected chi connectivity index (χ1v) is 11.2. The summed E-state index contributed by atoms with van der Waals surface area (Å²) in [6, 6.07) is 16.2. The summed E-state index contributed by atoms with van der Waals surface area (Å²) < 4.78 is 39.3. The maximum atomic E-state index is 13.1. The minimum atomic E-state index is -3.81. The highest BCUT2D eigenvalue weighted by atomic mass is 32.2. The smallest absolute Gasteiger partial charge is 0.262 e. The number of piperazine rings is 1. The molecule has 1 aliphatic heterocycles. The zero-order valence-corrected chi connectivity index (χ0v) is 17.8. The van der Waals surface area contributed by atoms with E-state index < -0.39 is 10.0 Å². The van der Waals surface area contributed by atoms with E-state index >= 15 is 0 Å². The van der Waals surface area contributed by atoms with Gasteiger partial charge in [-0.15, -0.1) is 0 Å². The minimum absolute atomic E-state index is 0.107. The van der Waals surface area contributed by atoms with Gasteiger partial charge in [0, 0.05) is 48.7 Å². The van der Waals surface area contributed by atoms with Gasteiger partial charge >= 0.3 is 0 Å². The van der Waals surface area contributed by atoms with E-state index in [-0.39, 0.29) is 4.90 Å². The van der Waals surface area contributed by atoms with E-state index in [4.69, 9.17) is 9.47 Å². The van der Waals surface area contributed by atoms with Crippen LogP contribution in [0, 0.1) is 0 Å². The number of fused-ring (bicyclic) bond motifs is 1. The van der Waals surface area contributed by atoms with Gasteiger partial charge < -0.3 is 19.7 Å². The number of methoxy groups -OCH3 is 2. The number of rotatable bonds is 6. The SMILES string of the molecule is COc1ccc(S(=O)(=O)Nc2ccc(N3CCNCC3)c3ccccc23)cc1OC. The summed E-state index contributed by atoms with van der Waals surface area (Å²) >= 11 is 0. The molecule has 158 valence electrons. The summed E-state index contributed by atoms with van der Waals surface area (Å²) in [6.45, 7) is 3.70. The Kier molecular flexibility index (Phi) is 5.69. The minimum Gasteiger partial charge on any atom is -0.493 e. The zero-order chi connectivity index (χ0) is 21.1. The predicted octanol–water partition coefficient (Wildman–Crippen LogP) is 3.07. The molecule has 1 saturated heterocycles. The first-order valence-electron chi connectivity index (χ1n) is 9.76. The molecule has 0 spiro atoms. The lowest BCUT2D eigenvalue weighted by Gasteiger charge is -2.30. The molecule has 1 aliphatic rings. The molecule has 3 aromatic carbocycles. The molecule has 2 N–H and O–H groups in total. The van der Waals surface area contributed by atoms with E-state index in [1.807, 2.05) is 36.4 Å². The Morgan fingerprint density at radius 1 is 0.900 bits per heavy atom. The second-order valence-electron chi connectivity index (χ2n) is 7.04. The van der Waals surface area contributed by atoms with Crippen LogP contribution in [0.15, 0.2) is 59.5 Å². The molecule has 0 unspecified atom stereocenters. The van der Waals surface area contributed by atoms with Gasteiger partial charge in [-0.25, -0.2) is 8.42 Å². The van der Waals surface area contributed by atoms with Crippen molar-refractivity contribution < 1.29 is 17.9 Å². The second-order valence-corrected chi connectivity index (χ2v) is 8.72. The quantitative estimate of drug-likeness (QED) is 0.629. The van der Waals surface area contributed by atoms with Gasteiger partial charge in [0.25, 0.3) is 10.0 Å². The van der Waals surface area contributed by atoms with Crippen LogP contribution in [0.5, 0.6) is 11.5 Å². The van der Waals surface area contributed by atoms with Crippen LogP contribution < -0.4 is 24.4 Å². The van der Waals surface area contributed by atoms with Gasteiger partial charge in [-0.05, 0) is 24.3 Å². The number of sulfonamides is 1. The molecule has 4 rings (SSSR count). The third kappa shape index (κ3) is 3.88. The number of nitrogens with one attached hydrogen (secondary N) is 2. The van der Waals surface area contributed by atoms with Crippen LogP contribution in [0.4, 0.5) is 11.4 Å². The maximum Gasteiger partial charge on any atom is 0.262 e. The average molecular weight is 428 g/mol. The third-order valence-corrected chi connectivity index (χ3v) is 6.63. The number of anilines is 2. The Hall–Kier alpha value is -2.97. The highest BCUT2D eigenvalue weighted by Gasteiger charge is 2.20. The molecule has 0 atom stereocenters. The molecule has 1 fully saturated rings. The zero-order valence-electron chi connectivity index (χ0n) is 17.0. The molecule has 1 heterocycles. The lowest BCUT2D eigenvalue weighted by molar-refractivity contribution is 0.354. The standard InChI is InChI=1S/C22H25N3O4S/c1-28-21-10-7-16(15-22(21)29-2)30(26,27)24-19-8-9-20(25-13-11-23-12-14-25)18-6-4-3-5-17(18)19/h3-10,15,23-24H,11-14H2,1-2H3. The summed E-state index contributed by atoms with van der Waals surface area (Å²) in [4.78, 5) is 2.43. The normalized spacial score (nSPS) is 14.5. The second kappa shape index (κ2) is 8.41. The van der Waals surface area contributed by atoms with Crippen molar-refractivity contribution in [2.24, 2.45) is 0 Å². The van der Waals surface area contributed by atoms with Crippen LogP contribution >= 0.6 is 0 Å². The Morgan fingerprint density at radius 3 is 2.30 bits per heavy atom. The van der Waals surface area contributed by atoms with E-state index in [0.717, 1.165) is 42.6 Å². The average Bonchev–Trinajstić information content (AvgIpc) is 2.79. The van der Waals surface area contributed by atoms with Crippen LogP contribution in [0.2, 0.25) is 0 Å². The van der Waals surface area contributed by atoms with Crippen molar-refractivity contribution in [3.63, 3.8) is 0 Å². The third-order valence-electron chi connectivity index (χ3n) is 5.27. The van der Waals surface area contributed by atoms with Gasteiger partial charge in [-0.3, -0.25) is 4.72 Å². The summed E-state index contributed by atoms with van der Waals surface area (Å²) in [7, 11) is -0.823. The van der Waals surface area contributed by atoms with Gasteiger partial charge in [-0.1, -0.05) is 24.3 Å². The van der Waals surface area contributed by atoms with Crippen LogP contribution in [0.1, 0.15) is 0 Å². The number of benzene rings is 3. The summed E-state index contributed by atoms with van der Waals surface area (Å²) in [5.74, 6) is 0.835. The van der Waals surface area contributed by atoms with Crippen LogP contribution in [-0.2, 0) is 10.0 Å². The van der Waals surface area contributed by atoms with E-state index in [1.54, 1.807) is 6.07 Å². The fourth-order valence-electron chi connectivity index (χ4n) is 3.74. The van der Waals surface area contributed by atoms with E-state index in [1.165, 1.54) is 26.4 Å². The Morgan fingerprint density at radius 2 is 1.60 bits per heavy atom. The van der Waals surface area contributed by atoms with Crippen molar-refractivity contribution in [1.29, 1.82) is 0 Å². The van der Waals surface area contributed by atoms with Crippen molar-refractivity contribution in [3.8, 4) is 11.5 Å². The number of nitrogens with zero attached hydrogens (tertiary/aromatic N) is 1. The predicted molar refractivity (Wildman–Crippen MR) is 119 cm³/mol. The van der Waals surface area contributed by atoms with E-state index in [0.29, 0.717) is 17.2 Å². The summed E-state index contributed by atoms with van der Waals surface area (Å²) in [6.07, 6.45) is 0. The molecule has 0 aromatic heterocycles. The van der Waals surface area contributed by atoms with Gasteiger partial charge in [0.2, 0.25) is 0 Å². The van der Waals surface area contributed by atoms with Crippen LogP contribution in [0.25, 0.3) is 10.8 Å². The van der Waals surface area contributed by atoms with Crippen molar-refractivity contribution >= 4 is 32.2 Å². The van der Waals surface area contributed by atoms with E-state index in [2.05, 4.69) is 14.9 Å². The molecular weight excluding hydrogens is 402 g/mol.